The molecule has 0 aliphatic heterocycles. The summed E-state index contributed by atoms with van der Waals surface area (Å²) >= 11 is 9.30. The van der Waals surface area contributed by atoms with Gasteiger partial charge in [-0.25, -0.2) is 0 Å². The Balaban J connectivity index is 2.47. The highest BCUT2D eigenvalue weighted by molar-refractivity contribution is 9.10. The first kappa shape index (κ1) is 13.3. The Bertz CT molecular complexity index is 543. The number of hydrogen-bond acceptors (Lipinski definition) is 1. The average Bonchev–Trinajstić information content (AvgIpc) is 2.61. The molecular weight excluding hydrogens is 360 g/mol. The molecule has 2 rings (SSSR count). The normalized spacial score (nSPS) is 12.8. The third-order valence-electron chi connectivity index (χ3n) is 2.89. The Kier molecular flexibility index (Phi) is 4.11. The van der Waals surface area contributed by atoms with Crippen LogP contribution in [0.3, 0.4) is 0 Å². The van der Waals surface area contributed by atoms with E-state index < -0.39 is 0 Å². The van der Waals surface area contributed by atoms with E-state index in [2.05, 4.69) is 76.9 Å². The molecule has 0 N–H and O–H groups in total. The van der Waals surface area contributed by atoms with Crippen LogP contribution in [0.5, 0.6) is 0 Å². The van der Waals surface area contributed by atoms with E-state index >= 15 is 0 Å². The van der Waals surface area contributed by atoms with Crippen molar-refractivity contribution in [2.75, 3.05) is 0 Å². The lowest BCUT2D eigenvalue weighted by Gasteiger charge is -2.14. The maximum absolute atomic E-state index is 3.83. The van der Waals surface area contributed by atoms with Crippen LogP contribution < -0.4 is 0 Å². The summed E-state index contributed by atoms with van der Waals surface area (Å²) in [4.78, 5) is 3.07. The van der Waals surface area contributed by atoms with E-state index in [1.54, 1.807) is 0 Å². The van der Waals surface area contributed by atoms with Crippen molar-refractivity contribution >= 4 is 43.2 Å². The number of hydrogen-bond donors (Lipinski definition) is 0. The van der Waals surface area contributed by atoms with Crippen LogP contribution in [0.1, 0.15) is 31.3 Å². The minimum Gasteiger partial charge on any atom is -0.144 e. The highest BCUT2D eigenvalue weighted by Gasteiger charge is 2.17. The molecule has 0 radical (unpaired) electrons. The summed E-state index contributed by atoms with van der Waals surface area (Å²) in [6, 6.07) is 8.62. The average molecular weight is 374 g/mol. The summed E-state index contributed by atoms with van der Waals surface area (Å²) in [7, 11) is 0. The topological polar surface area (TPSA) is 0 Å². The first-order valence-electron chi connectivity index (χ1n) is 5.46. The highest BCUT2D eigenvalue weighted by atomic mass is 79.9. The molecular formula is C14H14Br2S. The van der Waals surface area contributed by atoms with Gasteiger partial charge in [0.25, 0.3) is 0 Å². The molecule has 90 valence electrons. The molecule has 1 unspecified atom stereocenters. The SMILES string of the molecule is Cc1cc(C)c(C(Br)c2cccc(Br)c2C)s1. The minimum absolute atomic E-state index is 0.290. The smallest absolute Gasteiger partial charge is 0.0743 e. The summed E-state index contributed by atoms with van der Waals surface area (Å²) in [5.41, 5.74) is 4.01. The number of aryl methyl sites for hydroxylation is 2. The molecule has 1 aromatic carbocycles. The molecule has 0 saturated heterocycles. The van der Waals surface area contributed by atoms with Crippen LogP contribution >= 0.6 is 43.2 Å². The third-order valence-corrected chi connectivity index (χ3v) is 6.22. The fourth-order valence-electron chi connectivity index (χ4n) is 1.95. The summed E-state index contributed by atoms with van der Waals surface area (Å²) in [5.74, 6) is 0. The molecule has 0 fully saturated rings. The molecule has 1 heterocycles. The number of rotatable bonds is 2. The molecule has 1 aromatic heterocycles. The van der Waals surface area contributed by atoms with Crippen molar-refractivity contribution in [1.82, 2.24) is 0 Å². The Morgan fingerprint density at radius 1 is 1.18 bits per heavy atom. The van der Waals surface area contributed by atoms with Gasteiger partial charge in [-0.15, -0.1) is 11.3 Å². The van der Waals surface area contributed by atoms with Gasteiger partial charge in [0.15, 0.2) is 0 Å². The van der Waals surface area contributed by atoms with Crippen LogP contribution in [0.15, 0.2) is 28.7 Å². The molecule has 1 atom stereocenters. The van der Waals surface area contributed by atoms with Crippen molar-refractivity contribution in [3.05, 3.63) is 55.2 Å². The standard InChI is InChI=1S/C14H14Br2S/c1-8-7-9(2)17-14(8)13(16)11-5-4-6-12(15)10(11)3/h4-7,13H,1-3H3. The van der Waals surface area contributed by atoms with E-state index in [0.717, 1.165) is 0 Å². The van der Waals surface area contributed by atoms with Crippen LogP contribution in [0.25, 0.3) is 0 Å². The lowest BCUT2D eigenvalue weighted by molar-refractivity contribution is 1.15. The summed E-state index contributed by atoms with van der Waals surface area (Å²) in [5, 5.41) is 0. The fraction of sp³-hybridized carbons (Fsp3) is 0.286. The van der Waals surface area contributed by atoms with E-state index in [9.17, 15) is 0 Å². The largest absolute Gasteiger partial charge is 0.144 e. The quantitative estimate of drug-likeness (QED) is 0.573. The molecule has 0 saturated carbocycles. The van der Waals surface area contributed by atoms with Gasteiger partial charge in [0.2, 0.25) is 0 Å². The van der Waals surface area contributed by atoms with Gasteiger partial charge in [-0.2, -0.15) is 0 Å². The van der Waals surface area contributed by atoms with Crippen LogP contribution in [0, 0.1) is 20.8 Å². The highest BCUT2D eigenvalue weighted by Crippen LogP contribution is 2.40. The van der Waals surface area contributed by atoms with Gasteiger partial charge in [0, 0.05) is 14.2 Å². The summed E-state index contributed by atoms with van der Waals surface area (Å²) in [6.45, 7) is 6.50. The molecule has 0 aliphatic rings. The van der Waals surface area contributed by atoms with E-state index in [0.29, 0.717) is 4.83 Å². The summed E-state index contributed by atoms with van der Waals surface area (Å²) < 4.78 is 1.17. The Hall–Kier alpha value is -0.120. The first-order valence-corrected chi connectivity index (χ1v) is 7.99. The van der Waals surface area contributed by atoms with Crippen LogP contribution in [0.4, 0.5) is 0 Å². The second kappa shape index (κ2) is 5.25. The molecule has 2 aromatic rings. The number of halogens is 2. The Morgan fingerprint density at radius 2 is 1.88 bits per heavy atom. The predicted molar refractivity (Wildman–Crippen MR) is 83.4 cm³/mol. The van der Waals surface area contributed by atoms with Gasteiger partial charge >= 0.3 is 0 Å². The van der Waals surface area contributed by atoms with E-state index in [-0.39, 0.29) is 0 Å². The van der Waals surface area contributed by atoms with Gasteiger partial charge in [-0.05, 0) is 49.6 Å². The molecule has 0 spiro atoms. The van der Waals surface area contributed by atoms with Crippen molar-refractivity contribution < 1.29 is 0 Å². The number of benzene rings is 1. The molecule has 0 nitrogen and oxygen atoms in total. The molecule has 0 amide bonds. The van der Waals surface area contributed by atoms with E-state index in [1.165, 1.54) is 30.9 Å². The monoisotopic (exact) mass is 372 g/mol. The van der Waals surface area contributed by atoms with Gasteiger partial charge in [0.05, 0.1) is 4.83 Å². The fourth-order valence-corrected chi connectivity index (χ4v) is 4.50. The lowest BCUT2D eigenvalue weighted by Crippen LogP contribution is -1.95. The minimum atomic E-state index is 0.290. The Labute approximate surface area is 123 Å². The van der Waals surface area contributed by atoms with Crippen LogP contribution in [0.2, 0.25) is 0 Å². The third kappa shape index (κ3) is 2.67. The van der Waals surface area contributed by atoms with Gasteiger partial charge in [0.1, 0.15) is 0 Å². The second-order valence-corrected chi connectivity index (χ2v) is 7.28. The van der Waals surface area contributed by atoms with Gasteiger partial charge in [-0.1, -0.05) is 44.0 Å². The Morgan fingerprint density at radius 3 is 2.47 bits per heavy atom. The zero-order valence-electron chi connectivity index (χ0n) is 10.1. The van der Waals surface area contributed by atoms with Crippen LogP contribution in [-0.4, -0.2) is 0 Å². The lowest BCUT2D eigenvalue weighted by atomic mass is 10.0. The van der Waals surface area contributed by atoms with E-state index in [1.807, 2.05) is 11.3 Å². The van der Waals surface area contributed by atoms with Crippen LogP contribution in [-0.2, 0) is 0 Å². The molecule has 0 aliphatic carbocycles. The molecule has 3 heteroatoms. The molecule has 17 heavy (non-hydrogen) atoms. The van der Waals surface area contributed by atoms with Crippen molar-refractivity contribution in [2.24, 2.45) is 0 Å². The summed E-state index contributed by atoms with van der Waals surface area (Å²) in [6.07, 6.45) is 0. The first-order chi connectivity index (χ1) is 8.00. The second-order valence-electron chi connectivity index (χ2n) is 4.22. The van der Waals surface area contributed by atoms with Gasteiger partial charge in [-0.3, -0.25) is 0 Å². The number of alkyl halides is 1. The van der Waals surface area contributed by atoms with Crippen molar-refractivity contribution in [2.45, 2.75) is 25.6 Å². The zero-order valence-corrected chi connectivity index (χ0v) is 14.0. The predicted octanol–water partition coefficient (Wildman–Crippen LogP) is 5.92. The number of thiophene rings is 1. The maximum Gasteiger partial charge on any atom is 0.0743 e. The van der Waals surface area contributed by atoms with Crippen molar-refractivity contribution in [1.29, 1.82) is 0 Å². The zero-order chi connectivity index (χ0) is 12.6. The van der Waals surface area contributed by atoms with Crippen molar-refractivity contribution in [3.63, 3.8) is 0 Å². The maximum atomic E-state index is 3.83. The van der Waals surface area contributed by atoms with Gasteiger partial charge < -0.3 is 0 Å². The molecule has 0 bridgehead atoms. The van der Waals surface area contributed by atoms with E-state index in [4.69, 9.17) is 0 Å². The van der Waals surface area contributed by atoms with Crippen molar-refractivity contribution in [3.8, 4) is 0 Å².